The van der Waals surface area contributed by atoms with Gasteiger partial charge in [-0.05, 0) is 94.3 Å². The number of rotatable bonds is 13. The van der Waals surface area contributed by atoms with E-state index < -0.39 is 5.60 Å². The second kappa shape index (κ2) is 13.1. The van der Waals surface area contributed by atoms with Crippen molar-refractivity contribution in [3.05, 3.63) is 72.1 Å². The summed E-state index contributed by atoms with van der Waals surface area (Å²) >= 11 is 0. The molecule has 1 aromatic carbocycles. The molecular weight excluding hydrogens is 528 g/mol. The van der Waals surface area contributed by atoms with Crippen LogP contribution in [0, 0.1) is 17.3 Å². The predicted octanol–water partition coefficient (Wildman–Crippen LogP) is 8.16. The number of para-hydroxylation sites is 1. The van der Waals surface area contributed by atoms with E-state index >= 15 is 0 Å². The van der Waals surface area contributed by atoms with Crippen LogP contribution in [0.1, 0.15) is 90.2 Å². The molecule has 0 radical (unpaired) electrons. The number of allylic oxidation sites excluding steroid dienone is 4. The van der Waals surface area contributed by atoms with Gasteiger partial charge in [0.2, 0.25) is 0 Å². The van der Waals surface area contributed by atoms with Gasteiger partial charge in [0, 0.05) is 40.4 Å². The van der Waals surface area contributed by atoms with E-state index in [0.29, 0.717) is 5.92 Å². The zero-order valence-electron chi connectivity index (χ0n) is 26.5. The number of nitrogens with two attached hydrogens (primary N) is 1. The summed E-state index contributed by atoms with van der Waals surface area (Å²) in [4.78, 5) is 11.5. The SMILES string of the molecule is CCCCCCN1CC[C@H]2C(c3nccc4c3[nH]c3ccccc34)=C[C@@](O)(CCC)[C@@H]3C=C(/C=C\CCCCN)C[C@@]32C1. The number of pyridine rings is 1. The summed E-state index contributed by atoms with van der Waals surface area (Å²) in [5.74, 6) is 0.461. The third kappa shape index (κ3) is 5.77. The van der Waals surface area contributed by atoms with Crippen LogP contribution in [0.4, 0.5) is 0 Å². The molecule has 4 N–H and O–H groups in total. The minimum Gasteiger partial charge on any atom is -0.385 e. The zero-order chi connectivity index (χ0) is 29.9. The van der Waals surface area contributed by atoms with Crippen molar-refractivity contribution in [3.8, 4) is 0 Å². The fourth-order valence-electron chi connectivity index (χ4n) is 8.76. The van der Waals surface area contributed by atoms with Crippen molar-refractivity contribution in [2.75, 3.05) is 26.2 Å². The standard InChI is InChI=1S/C38H52N4O/c1-3-5-6-13-22-42-23-18-32-31(35-36-30(17-21-40-35)29-15-10-11-16-33(29)41-36)26-38(43,19-4-2)34-24-28(25-37(32,34)27-42)14-9-7-8-12-20-39/h9-11,14-17,21,24,26,32,34,41,43H,3-8,12-13,18-20,22-23,25,27,39H2,1-2H3/b14-9-/t32-,34+,37-,38-/m0/s1. The van der Waals surface area contributed by atoms with Gasteiger partial charge in [0.1, 0.15) is 0 Å². The molecule has 1 aliphatic heterocycles. The number of piperidine rings is 1. The van der Waals surface area contributed by atoms with Crippen LogP contribution in [0.3, 0.4) is 0 Å². The number of hydrogen-bond acceptors (Lipinski definition) is 4. The highest BCUT2D eigenvalue weighted by Gasteiger charge is 2.60. The number of nitrogens with one attached hydrogen (secondary N) is 1. The van der Waals surface area contributed by atoms with Crippen LogP contribution in [-0.2, 0) is 0 Å². The fourth-order valence-corrected chi connectivity index (χ4v) is 8.76. The maximum Gasteiger partial charge on any atom is 0.0903 e. The van der Waals surface area contributed by atoms with Gasteiger partial charge in [-0.2, -0.15) is 0 Å². The van der Waals surface area contributed by atoms with Gasteiger partial charge in [-0.1, -0.05) is 81.5 Å². The van der Waals surface area contributed by atoms with Crippen LogP contribution < -0.4 is 5.73 Å². The number of aromatic amines is 1. The van der Waals surface area contributed by atoms with Crippen molar-refractivity contribution >= 4 is 27.4 Å². The van der Waals surface area contributed by atoms with E-state index in [4.69, 9.17) is 10.7 Å². The zero-order valence-corrected chi connectivity index (χ0v) is 26.5. The fraction of sp³-hybridized carbons (Fsp3) is 0.553. The lowest BCUT2D eigenvalue weighted by molar-refractivity contribution is -0.0738. The molecular formula is C38H52N4O. The van der Waals surface area contributed by atoms with E-state index in [1.165, 1.54) is 47.6 Å². The van der Waals surface area contributed by atoms with E-state index in [-0.39, 0.29) is 11.3 Å². The Labute approximate surface area is 258 Å². The van der Waals surface area contributed by atoms with Gasteiger partial charge in [-0.3, -0.25) is 4.98 Å². The van der Waals surface area contributed by atoms with E-state index in [0.717, 1.165) is 87.9 Å². The van der Waals surface area contributed by atoms with Crippen LogP contribution in [0.25, 0.3) is 27.4 Å². The number of fused-ring (bicyclic) bond motifs is 3. The Kier molecular flexibility index (Phi) is 9.23. The molecule has 2 aliphatic carbocycles. The number of hydrogen-bond donors (Lipinski definition) is 3. The van der Waals surface area contributed by atoms with Crippen molar-refractivity contribution in [2.45, 2.75) is 90.1 Å². The Hall–Kier alpha value is -2.73. The Bertz CT molecular complexity index is 1500. The molecule has 2 aromatic heterocycles. The minimum atomic E-state index is -0.892. The average Bonchev–Trinajstić information content (AvgIpc) is 3.58. The average molecular weight is 581 g/mol. The summed E-state index contributed by atoms with van der Waals surface area (Å²) < 4.78 is 0. The second-order valence-corrected chi connectivity index (χ2v) is 13.6. The summed E-state index contributed by atoms with van der Waals surface area (Å²) in [5.41, 5.74) is 10.8. The molecule has 3 heterocycles. The number of nitrogens with zero attached hydrogens (tertiary/aromatic N) is 2. The Balaban J connectivity index is 1.42. The molecule has 1 saturated heterocycles. The molecule has 0 unspecified atom stereocenters. The molecule has 43 heavy (non-hydrogen) atoms. The Morgan fingerprint density at radius 3 is 2.79 bits per heavy atom. The van der Waals surface area contributed by atoms with Gasteiger partial charge >= 0.3 is 0 Å². The molecule has 5 nitrogen and oxygen atoms in total. The van der Waals surface area contributed by atoms with E-state index in [1.54, 1.807) is 0 Å². The summed E-state index contributed by atoms with van der Waals surface area (Å²) in [6.07, 6.45) is 23.7. The molecule has 5 heteroatoms. The number of aromatic nitrogens is 2. The number of aliphatic hydroxyl groups is 1. The number of benzene rings is 1. The van der Waals surface area contributed by atoms with Crippen molar-refractivity contribution in [2.24, 2.45) is 23.0 Å². The van der Waals surface area contributed by atoms with Gasteiger partial charge in [-0.25, -0.2) is 0 Å². The summed E-state index contributed by atoms with van der Waals surface area (Å²) in [5, 5.41) is 15.1. The van der Waals surface area contributed by atoms with Gasteiger partial charge < -0.3 is 20.7 Å². The summed E-state index contributed by atoms with van der Waals surface area (Å²) in [7, 11) is 0. The van der Waals surface area contributed by atoms with Crippen LogP contribution >= 0.6 is 0 Å². The van der Waals surface area contributed by atoms with Crippen molar-refractivity contribution in [1.29, 1.82) is 0 Å². The number of unbranched alkanes of at least 4 members (excludes halogenated alkanes) is 5. The monoisotopic (exact) mass is 580 g/mol. The van der Waals surface area contributed by atoms with Crippen LogP contribution in [0.2, 0.25) is 0 Å². The van der Waals surface area contributed by atoms with Gasteiger partial charge in [-0.15, -0.1) is 0 Å². The Morgan fingerprint density at radius 1 is 1.07 bits per heavy atom. The molecule has 1 spiro atoms. The largest absolute Gasteiger partial charge is 0.385 e. The lowest BCUT2D eigenvalue weighted by atomic mass is 9.53. The minimum absolute atomic E-state index is 0.0379. The highest BCUT2D eigenvalue weighted by molar-refractivity contribution is 6.09. The molecule has 3 aliphatic rings. The van der Waals surface area contributed by atoms with Gasteiger partial charge in [0.15, 0.2) is 0 Å². The first-order valence-electron chi connectivity index (χ1n) is 17.1. The maximum atomic E-state index is 12.7. The van der Waals surface area contributed by atoms with Crippen LogP contribution in [-0.4, -0.2) is 51.8 Å². The molecule has 6 rings (SSSR count). The molecule has 0 amide bonds. The third-order valence-corrected chi connectivity index (χ3v) is 10.6. The van der Waals surface area contributed by atoms with Gasteiger partial charge in [0.05, 0.1) is 16.8 Å². The quantitative estimate of drug-likeness (QED) is 0.178. The lowest BCUT2D eigenvalue weighted by Gasteiger charge is -2.57. The number of H-pyrrole nitrogens is 1. The lowest BCUT2D eigenvalue weighted by Crippen LogP contribution is -2.59. The molecule has 0 bridgehead atoms. The van der Waals surface area contributed by atoms with Crippen molar-refractivity contribution in [3.63, 3.8) is 0 Å². The van der Waals surface area contributed by atoms with E-state index in [1.807, 2.05) is 6.20 Å². The molecule has 4 atom stereocenters. The predicted molar refractivity (Wildman–Crippen MR) is 181 cm³/mol. The Morgan fingerprint density at radius 2 is 1.95 bits per heavy atom. The first-order chi connectivity index (χ1) is 21.0. The third-order valence-electron chi connectivity index (χ3n) is 10.6. The highest BCUT2D eigenvalue weighted by atomic mass is 16.3. The molecule has 3 aromatic rings. The maximum absolute atomic E-state index is 12.7. The topological polar surface area (TPSA) is 78.2 Å². The van der Waals surface area contributed by atoms with Crippen molar-refractivity contribution < 1.29 is 5.11 Å². The molecule has 0 saturated carbocycles. The van der Waals surface area contributed by atoms with Crippen LogP contribution in [0.15, 0.2) is 66.4 Å². The first kappa shape index (κ1) is 30.3. The summed E-state index contributed by atoms with van der Waals surface area (Å²) in [6, 6.07) is 10.7. The molecule has 230 valence electrons. The van der Waals surface area contributed by atoms with Crippen molar-refractivity contribution in [1.82, 2.24) is 14.9 Å². The first-order valence-corrected chi connectivity index (χ1v) is 17.1. The second-order valence-electron chi connectivity index (χ2n) is 13.6. The number of likely N-dealkylation sites (tertiary alicyclic amines) is 1. The highest BCUT2D eigenvalue weighted by Crippen LogP contribution is 2.63. The normalized spacial score (nSPS) is 27.5. The smallest absolute Gasteiger partial charge is 0.0903 e. The molecule has 1 fully saturated rings. The van der Waals surface area contributed by atoms with Crippen LogP contribution in [0.5, 0.6) is 0 Å². The summed E-state index contributed by atoms with van der Waals surface area (Å²) in [6.45, 7) is 8.57. The van der Waals surface area contributed by atoms with E-state index in [9.17, 15) is 5.11 Å². The van der Waals surface area contributed by atoms with E-state index in [2.05, 4.69) is 78.4 Å². The van der Waals surface area contributed by atoms with Gasteiger partial charge in [0.25, 0.3) is 0 Å².